The number of hydrogen-bond acceptors (Lipinski definition) is 3. The predicted molar refractivity (Wildman–Crippen MR) is 108 cm³/mol. The maximum atomic E-state index is 10.5. The summed E-state index contributed by atoms with van der Waals surface area (Å²) in [6, 6.07) is 16.0. The summed E-state index contributed by atoms with van der Waals surface area (Å²) in [6.07, 6.45) is 0.417. The molecule has 0 saturated carbocycles. The lowest BCUT2D eigenvalue weighted by molar-refractivity contribution is 0.0924. The van der Waals surface area contributed by atoms with Crippen molar-refractivity contribution in [3.63, 3.8) is 0 Å². The molecule has 0 radical (unpaired) electrons. The Kier molecular flexibility index (Phi) is 7.06. The van der Waals surface area contributed by atoms with Crippen molar-refractivity contribution in [3.8, 4) is 5.75 Å². The third-order valence-corrected chi connectivity index (χ3v) is 4.56. The van der Waals surface area contributed by atoms with E-state index in [1.807, 2.05) is 49.4 Å². The second kappa shape index (κ2) is 9.06. The van der Waals surface area contributed by atoms with E-state index in [9.17, 15) is 5.11 Å². The molecular formula is C21H27ClN2O2. The highest BCUT2D eigenvalue weighted by Gasteiger charge is 2.18. The summed E-state index contributed by atoms with van der Waals surface area (Å²) in [5, 5.41) is 10.5. The van der Waals surface area contributed by atoms with Crippen LogP contribution in [-0.2, 0) is 6.54 Å². The van der Waals surface area contributed by atoms with Crippen molar-refractivity contribution in [1.29, 1.82) is 0 Å². The highest BCUT2D eigenvalue weighted by Crippen LogP contribution is 2.24. The van der Waals surface area contributed by atoms with Crippen LogP contribution in [-0.4, -0.2) is 27.4 Å². The topological polar surface area (TPSA) is 47.3 Å². The number of hydrogen-bond donors (Lipinski definition) is 1. The first-order valence-electron chi connectivity index (χ1n) is 8.91. The average Bonchev–Trinajstić information content (AvgIpc) is 2.98. The Morgan fingerprint density at radius 1 is 1.15 bits per heavy atom. The molecule has 0 fully saturated rings. The van der Waals surface area contributed by atoms with Gasteiger partial charge in [0.25, 0.3) is 0 Å². The number of para-hydroxylation sites is 2. The SMILES string of the molecule is CCC(C)c1nc2ccccc2n1CC(O)COc1cccc(C)c1.Cl. The van der Waals surface area contributed by atoms with Gasteiger partial charge in [-0.3, -0.25) is 0 Å². The number of aliphatic hydroxyl groups is 1. The Balaban J connectivity index is 0.00000243. The Morgan fingerprint density at radius 2 is 1.92 bits per heavy atom. The molecule has 26 heavy (non-hydrogen) atoms. The number of ether oxygens (including phenoxy) is 1. The van der Waals surface area contributed by atoms with Crippen molar-refractivity contribution in [2.45, 2.75) is 45.8 Å². The highest BCUT2D eigenvalue weighted by molar-refractivity contribution is 5.85. The molecule has 4 nitrogen and oxygen atoms in total. The number of nitrogens with zero attached hydrogens (tertiary/aromatic N) is 2. The maximum Gasteiger partial charge on any atom is 0.119 e. The summed E-state index contributed by atoms with van der Waals surface area (Å²) in [5.41, 5.74) is 3.18. The van der Waals surface area contributed by atoms with Gasteiger partial charge in [-0.2, -0.15) is 0 Å². The van der Waals surface area contributed by atoms with E-state index in [-0.39, 0.29) is 19.0 Å². The van der Waals surface area contributed by atoms with E-state index in [1.165, 1.54) is 0 Å². The molecule has 5 heteroatoms. The second-order valence-corrected chi connectivity index (χ2v) is 6.66. The second-order valence-electron chi connectivity index (χ2n) is 6.66. The van der Waals surface area contributed by atoms with Gasteiger partial charge >= 0.3 is 0 Å². The number of halogens is 1. The summed E-state index contributed by atoms with van der Waals surface area (Å²) in [6.45, 7) is 7.10. The van der Waals surface area contributed by atoms with Crippen LogP contribution < -0.4 is 4.74 Å². The number of benzene rings is 2. The lowest BCUT2D eigenvalue weighted by atomic mass is 10.1. The zero-order chi connectivity index (χ0) is 17.8. The number of aliphatic hydroxyl groups excluding tert-OH is 1. The van der Waals surface area contributed by atoms with Crippen molar-refractivity contribution in [2.75, 3.05) is 6.61 Å². The van der Waals surface area contributed by atoms with Gasteiger partial charge in [-0.15, -0.1) is 12.4 Å². The molecule has 0 saturated heterocycles. The third kappa shape index (κ3) is 4.57. The molecule has 1 N–H and O–H groups in total. The summed E-state index contributed by atoms with van der Waals surface area (Å²) >= 11 is 0. The molecule has 0 spiro atoms. The Hall–Kier alpha value is -2.04. The highest BCUT2D eigenvalue weighted by atomic mass is 35.5. The van der Waals surface area contributed by atoms with Gasteiger partial charge in [0.2, 0.25) is 0 Å². The molecule has 0 bridgehead atoms. The van der Waals surface area contributed by atoms with Gasteiger partial charge in [0.1, 0.15) is 24.3 Å². The fourth-order valence-corrected chi connectivity index (χ4v) is 3.01. The minimum atomic E-state index is -0.596. The van der Waals surface area contributed by atoms with Gasteiger partial charge in [-0.25, -0.2) is 4.98 Å². The van der Waals surface area contributed by atoms with Crippen LogP contribution in [0.4, 0.5) is 0 Å². The lowest BCUT2D eigenvalue weighted by Crippen LogP contribution is -2.25. The summed E-state index contributed by atoms with van der Waals surface area (Å²) in [5.74, 6) is 2.16. The lowest BCUT2D eigenvalue weighted by Gasteiger charge is -2.17. The first-order chi connectivity index (χ1) is 12.1. The van der Waals surface area contributed by atoms with E-state index in [0.717, 1.165) is 34.6 Å². The van der Waals surface area contributed by atoms with Gasteiger partial charge in [0.05, 0.1) is 17.6 Å². The van der Waals surface area contributed by atoms with E-state index in [4.69, 9.17) is 9.72 Å². The van der Waals surface area contributed by atoms with Crippen molar-refractivity contribution in [2.24, 2.45) is 0 Å². The van der Waals surface area contributed by atoms with Gasteiger partial charge < -0.3 is 14.4 Å². The normalized spacial score (nSPS) is 13.2. The Labute approximate surface area is 161 Å². The molecule has 0 aliphatic carbocycles. The van der Waals surface area contributed by atoms with Gasteiger partial charge in [-0.1, -0.05) is 38.1 Å². The summed E-state index contributed by atoms with van der Waals surface area (Å²) < 4.78 is 7.89. The molecule has 1 aromatic heterocycles. The van der Waals surface area contributed by atoms with Crippen LogP contribution in [0.5, 0.6) is 5.75 Å². The third-order valence-electron chi connectivity index (χ3n) is 4.56. The van der Waals surface area contributed by atoms with Gasteiger partial charge in [0, 0.05) is 5.92 Å². The molecule has 3 aromatic rings. The number of aromatic nitrogens is 2. The molecule has 0 aliphatic heterocycles. The standard InChI is InChI=1S/C21H26N2O2.ClH/c1-4-16(3)21-22-19-10-5-6-11-20(19)23(21)13-17(24)14-25-18-9-7-8-15(2)12-18;/h5-12,16-17,24H,4,13-14H2,1-3H3;1H. The first-order valence-corrected chi connectivity index (χ1v) is 8.91. The molecule has 3 rings (SSSR count). The van der Waals surface area contributed by atoms with Crippen LogP contribution in [0.3, 0.4) is 0 Å². The maximum absolute atomic E-state index is 10.5. The number of imidazole rings is 1. The zero-order valence-corrected chi connectivity index (χ0v) is 16.4. The monoisotopic (exact) mass is 374 g/mol. The molecule has 0 amide bonds. The number of aryl methyl sites for hydroxylation is 1. The van der Waals surface area contributed by atoms with E-state index in [2.05, 4.69) is 24.5 Å². The fraction of sp³-hybridized carbons (Fsp3) is 0.381. The average molecular weight is 375 g/mol. The van der Waals surface area contributed by atoms with E-state index in [0.29, 0.717) is 12.5 Å². The van der Waals surface area contributed by atoms with Crippen molar-refractivity contribution in [1.82, 2.24) is 9.55 Å². The fourth-order valence-electron chi connectivity index (χ4n) is 3.01. The van der Waals surface area contributed by atoms with E-state index < -0.39 is 6.10 Å². The molecule has 140 valence electrons. The quantitative estimate of drug-likeness (QED) is 0.650. The van der Waals surface area contributed by atoms with Crippen molar-refractivity contribution in [3.05, 3.63) is 59.9 Å². The van der Waals surface area contributed by atoms with Crippen LogP contribution in [0.25, 0.3) is 11.0 Å². The molecule has 0 aliphatic rings. The zero-order valence-electron chi connectivity index (χ0n) is 15.6. The van der Waals surface area contributed by atoms with Crippen LogP contribution in [0.1, 0.15) is 37.6 Å². The Bertz CT molecular complexity index is 847. The van der Waals surface area contributed by atoms with Crippen LogP contribution in [0, 0.1) is 6.92 Å². The number of fused-ring (bicyclic) bond motifs is 1. The van der Waals surface area contributed by atoms with Crippen molar-refractivity contribution < 1.29 is 9.84 Å². The smallest absolute Gasteiger partial charge is 0.119 e. The first kappa shape index (κ1) is 20.3. The minimum Gasteiger partial charge on any atom is -0.491 e. The van der Waals surface area contributed by atoms with Crippen LogP contribution in [0.2, 0.25) is 0 Å². The van der Waals surface area contributed by atoms with Crippen LogP contribution in [0.15, 0.2) is 48.5 Å². The number of rotatable bonds is 7. The van der Waals surface area contributed by atoms with E-state index in [1.54, 1.807) is 0 Å². The molecule has 2 atom stereocenters. The summed E-state index contributed by atoms with van der Waals surface area (Å²) in [7, 11) is 0. The molecule has 2 unspecified atom stereocenters. The summed E-state index contributed by atoms with van der Waals surface area (Å²) in [4.78, 5) is 4.78. The van der Waals surface area contributed by atoms with Gasteiger partial charge in [-0.05, 0) is 43.2 Å². The molecule has 1 heterocycles. The minimum absolute atomic E-state index is 0. The molecular weight excluding hydrogens is 348 g/mol. The largest absolute Gasteiger partial charge is 0.491 e. The van der Waals surface area contributed by atoms with Crippen LogP contribution >= 0.6 is 12.4 Å². The molecule has 2 aromatic carbocycles. The van der Waals surface area contributed by atoms with E-state index >= 15 is 0 Å². The Morgan fingerprint density at radius 3 is 2.65 bits per heavy atom. The predicted octanol–water partition coefficient (Wildman–Crippen LogP) is 4.72. The van der Waals surface area contributed by atoms with Gasteiger partial charge in [0.15, 0.2) is 0 Å². The van der Waals surface area contributed by atoms with Crippen molar-refractivity contribution >= 4 is 23.4 Å².